The van der Waals surface area contributed by atoms with E-state index in [9.17, 15) is 9.59 Å². The fourth-order valence-corrected chi connectivity index (χ4v) is 1.75. The summed E-state index contributed by atoms with van der Waals surface area (Å²) in [5.74, 6) is -0.506. The zero-order chi connectivity index (χ0) is 13.8. The first-order valence-electron chi connectivity index (χ1n) is 5.67. The van der Waals surface area contributed by atoms with Crippen LogP contribution in [0.4, 0.5) is 0 Å². The summed E-state index contributed by atoms with van der Waals surface area (Å²) in [5.41, 5.74) is 0.467. The molecular weight excluding hydrogens is 268 g/mol. The molecule has 0 aliphatic rings. The molecule has 0 unspecified atom stereocenters. The van der Waals surface area contributed by atoms with E-state index < -0.39 is 5.97 Å². The van der Waals surface area contributed by atoms with Gasteiger partial charge in [0.25, 0.3) is 0 Å². The summed E-state index contributed by atoms with van der Waals surface area (Å²) in [6, 6.07) is 4.79. The molecule has 19 heavy (non-hydrogen) atoms. The number of carbonyl (C=O) groups is 1. The van der Waals surface area contributed by atoms with Gasteiger partial charge >= 0.3 is 5.97 Å². The largest absolute Gasteiger partial charge is 0.463 e. The highest BCUT2D eigenvalue weighted by atomic mass is 35.5. The van der Waals surface area contributed by atoms with Gasteiger partial charge in [-0.15, -0.1) is 0 Å². The SMILES string of the molecule is CCOC(=O)C=Cc1coc2ccc(Cl)cc2c1=O. The second-order valence-electron chi connectivity index (χ2n) is 3.75. The molecule has 0 amide bonds. The van der Waals surface area contributed by atoms with E-state index in [1.165, 1.54) is 24.5 Å². The molecule has 0 aliphatic heterocycles. The van der Waals surface area contributed by atoms with Crippen LogP contribution in [-0.4, -0.2) is 12.6 Å². The van der Waals surface area contributed by atoms with Crippen molar-refractivity contribution < 1.29 is 13.9 Å². The van der Waals surface area contributed by atoms with Crippen molar-refractivity contribution >= 4 is 34.6 Å². The third kappa shape index (κ3) is 3.03. The monoisotopic (exact) mass is 278 g/mol. The van der Waals surface area contributed by atoms with Gasteiger partial charge in [-0.25, -0.2) is 4.79 Å². The predicted octanol–water partition coefficient (Wildman–Crippen LogP) is 3.02. The molecule has 5 heteroatoms. The van der Waals surface area contributed by atoms with Crippen molar-refractivity contribution in [3.63, 3.8) is 0 Å². The highest BCUT2D eigenvalue weighted by Crippen LogP contribution is 2.17. The standard InChI is InChI=1S/C14H11ClO4/c1-2-18-13(16)6-3-9-8-19-12-5-4-10(15)7-11(12)14(9)17/h3-8H,2H2,1H3. The maximum Gasteiger partial charge on any atom is 0.330 e. The third-order valence-corrected chi connectivity index (χ3v) is 2.68. The van der Waals surface area contributed by atoms with Crippen LogP contribution in [0.1, 0.15) is 12.5 Å². The number of halogens is 1. The van der Waals surface area contributed by atoms with Gasteiger partial charge in [-0.1, -0.05) is 11.6 Å². The highest BCUT2D eigenvalue weighted by Gasteiger charge is 2.06. The minimum Gasteiger partial charge on any atom is -0.463 e. The molecule has 0 N–H and O–H groups in total. The lowest BCUT2D eigenvalue weighted by Gasteiger charge is -1.99. The van der Waals surface area contributed by atoms with Crippen LogP contribution in [-0.2, 0) is 9.53 Å². The van der Waals surface area contributed by atoms with Gasteiger partial charge in [0, 0.05) is 11.1 Å². The molecule has 0 radical (unpaired) electrons. The van der Waals surface area contributed by atoms with Crippen LogP contribution in [0.25, 0.3) is 17.0 Å². The number of hydrogen-bond donors (Lipinski definition) is 0. The van der Waals surface area contributed by atoms with Gasteiger partial charge in [-0.2, -0.15) is 0 Å². The maximum atomic E-state index is 12.1. The lowest BCUT2D eigenvalue weighted by atomic mass is 10.1. The number of carbonyl (C=O) groups excluding carboxylic acids is 1. The zero-order valence-electron chi connectivity index (χ0n) is 10.2. The van der Waals surface area contributed by atoms with E-state index in [2.05, 4.69) is 0 Å². The molecule has 0 saturated heterocycles. The quantitative estimate of drug-likeness (QED) is 0.640. The lowest BCUT2D eigenvalue weighted by molar-refractivity contribution is -0.137. The van der Waals surface area contributed by atoms with Crippen molar-refractivity contribution in [2.24, 2.45) is 0 Å². The summed E-state index contributed by atoms with van der Waals surface area (Å²) in [7, 11) is 0. The molecular formula is C14H11ClO4. The van der Waals surface area contributed by atoms with Gasteiger partial charge in [-0.05, 0) is 31.2 Å². The smallest absolute Gasteiger partial charge is 0.330 e. The highest BCUT2D eigenvalue weighted by molar-refractivity contribution is 6.31. The number of fused-ring (bicyclic) bond motifs is 1. The summed E-state index contributed by atoms with van der Waals surface area (Å²) in [4.78, 5) is 23.3. The topological polar surface area (TPSA) is 56.5 Å². The Kier molecular flexibility index (Phi) is 4.02. The number of ether oxygens (including phenoxy) is 1. The van der Waals surface area contributed by atoms with Crippen molar-refractivity contribution in [1.82, 2.24) is 0 Å². The second kappa shape index (κ2) is 5.71. The van der Waals surface area contributed by atoms with E-state index in [-0.39, 0.29) is 17.6 Å². The Morgan fingerprint density at radius 2 is 2.26 bits per heavy atom. The van der Waals surface area contributed by atoms with Crippen molar-refractivity contribution in [2.45, 2.75) is 6.92 Å². The fraction of sp³-hybridized carbons (Fsp3) is 0.143. The predicted molar refractivity (Wildman–Crippen MR) is 73.2 cm³/mol. The van der Waals surface area contributed by atoms with E-state index in [1.807, 2.05) is 0 Å². The van der Waals surface area contributed by atoms with Gasteiger partial charge in [0.15, 0.2) is 5.43 Å². The number of esters is 1. The van der Waals surface area contributed by atoms with E-state index in [0.29, 0.717) is 16.0 Å². The molecule has 0 bridgehead atoms. The number of hydrogen-bond acceptors (Lipinski definition) is 4. The molecule has 2 rings (SSSR count). The Bertz CT molecular complexity index is 700. The van der Waals surface area contributed by atoms with E-state index in [0.717, 1.165) is 0 Å². The molecule has 0 fully saturated rings. The third-order valence-electron chi connectivity index (χ3n) is 2.45. The zero-order valence-corrected chi connectivity index (χ0v) is 10.9. The van der Waals surface area contributed by atoms with Gasteiger partial charge in [0.05, 0.1) is 17.6 Å². The molecule has 0 spiro atoms. The van der Waals surface area contributed by atoms with E-state index >= 15 is 0 Å². The van der Waals surface area contributed by atoms with Gasteiger partial charge < -0.3 is 9.15 Å². The van der Waals surface area contributed by atoms with Crippen LogP contribution in [0, 0.1) is 0 Å². The summed E-state index contributed by atoms with van der Waals surface area (Å²) in [5, 5.41) is 0.824. The molecule has 2 aromatic rings. The van der Waals surface area contributed by atoms with Gasteiger partial charge in [-0.3, -0.25) is 4.79 Å². The minimum atomic E-state index is -0.506. The molecule has 0 aliphatic carbocycles. The summed E-state index contributed by atoms with van der Waals surface area (Å²) in [6.45, 7) is 1.99. The van der Waals surface area contributed by atoms with Crippen LogP contribution >= 0.6 is 11.6 Å². The Balaban J connectivity index is 2.43. The first-order valence-corrected chi connectivity index (χ1v) is 6.05. The van der Waals surface area contributed by atoms with Crippen LogP contribution in [0.3, 0.4) is 0 Å². The molecule has 1 heterocycles. The van der Waals surface area contributed by atoms with Gasteiger partial charge in [0.1, 0.15) is 11.8 Å². The van der Waals surface area contributed by atoms with Crippen molar-refractivity contribution in [2.75, 3.05) is 6.61 Å². The average Bonchev–Trinajstić information content (AvgIpc) is 2.39. The Morgan fingerprint density at radius 1 is 1.47 bits per heavy atom. The Hall–Kier alpha value is -2.07. The average molecular weight is 279 g/mol. The van der Waals surface area contributed by atoms with Crippen LogP contribution in [0.15, 0.2) is 39.7 Å². The fourth-order valence-electron chi connectivity index (χ4n) is 1.58. The summed E-state index contributed by atoms with van der Waals surface area (Å²) in [6.07, 6.45) is 3.85. The summed E-state index contributed by atoms with van der Waals surface area (Å²) >= 11 is 5.84. The first kappa shape index (κ1) is 13.4. The maximum absolute atomic E-state index is 12.1. The van der Waals surface area contributed by atoms with Crippen molar-refractivity contribution in [1.29, 1.82) is 0 Å². The lowest BCUT2D eigenvalue weighted by Crippen LogP contribution is -2.05. The number of benzene rings is 1. The molecule has 98 valence electrons. The molecule has 0 saturated carbocycles. The Morgan fingerprint density at radius 3 is 3.00 bits per heavy atom. The molecule has 1 aromatic carbocycles. The van der Waals surface area contributed by atoms with E-state index in [4.69, 9.17) is 20.8 Å². The van der Waals surface area contributed by atoms with Crippen LogP contribution in [0.5, 0.6) is 0 Å². The van der Waals surface area contributed by atoms with Crippen molar-refractivity contribution in [3.05, 3.63) is 51.3 Å². The summed E-state index contributed by atoms with van der Waals surface area (Å²) < 4.78 is 10.0. The normalized spacial score (nSPS) is 11.1. The number of rotatable bonds is 3. The molecule has 0 atom stereocenters. The van der Waals surface area contributed by atoms with Gasteiger partial charge in [0.2, 0.25) is 0 Å². The Labute approximate surface area is 114 Å². The molecule has 1 aromatic heterocycles. The minimum absolute atomic E-state index is 0.246. The molecule has 4 nitrogen and oxygen atoms in total. The van der Waals surface area contributed by atoms with E-state index in [1.54, 1.807) is 19.1 Å². The van der Waals surface area contributed by atoms with Crippen LogP contribution in [0.2, 0.25) is 5.02 Å². The first-order chi connectivity index (χ1) is 9.11. The van der Waals surface area contributed by atoms with Crippen LogP contribution < -0.4 is 5.43 Å². The second-order valence-corrected chi connectivity index (χ2v) is 4.18. The van der Waals surface area contributed by atoms with Crippen molar-refractivity contribution in [3.8, 4) is 0 Å².